The molecule has 4 nitrogen and oxygen atoms in total. The molecule has 2 N–H and O–H groups in total. The minimum Gasteiger partial charge on any atom is -0.343 e. The van der Waals surface area contributed by atoms with Crippen LogP contribution in [0.15, 0.2) is 36.4 Å². The molecule has 0 aliphatic heterocycles. The number of carbonyl (C=O) groups is 2. The fourth-order valence-electron chi connectivity index (χ4n) is 3.26. The lowest BCUT2D eigenvalue weighted by Crippen LogP contribution is -2.33. The van der Waals surface area contributed by atoms with Gasteiger partial charge in [0.05, 0.1) is 22.1 Å². The molecule has 1 aliphatic rings. The van der Waals surface area contributed by atoms with E-state index in [1.807, 2.05) is 0 Å². The highest BCUT2D eigenvalue weighted by atomic mass is 35.5. The molecule has 1 aliphatic carbocycles. The van der Waals surface area contributed by atoms with E-state index in [-0.39, 0.29) is 21.8 Å². The van der Waals surface area contributed by atoms with E-state index >= 15 is 0 Å². The molecule has 33 heavy (non-hydrogen) atoms. The summed E-state index contributed by atoms with van der Waals surface area (Å²) in [5, 5.41) is 3.91. The average molecular weight is 534 g/mol. The van der Waals surface area contributed by atoms with Crippen molar-refractivity contribution < 1.29 is 35.9 Å². The Bertz CT molecular complexity index is 1090. The molecule has 2 atom stereocenters. The largest absolute Gasteiger partial charge is 0.405 e. The number of amides is 2. The fourth-order valence-corrected chi connectivity index (χ4v) is 4.29. The lowest BCUT2D eigenvalue weighted by Gasteiger charge is -2.11. The molecule has 0 spiro atoms. The second-order valence-corrected chi connectivity index (χ2v) is 9.04. The number of halogens is 9. The zero-order valence-corrected chi connectivity index (χ0v) is 18.4. The molecule has 1 fully saturated rings. The lowest BCUT2D eigenvalue weighted by atomic mass is 10.0. The zero-order chi connectivity index (χ0) is 24.7. The molecule has 2 aromatic rings. The Morgan fingerprint density at radius 2 is 1.76 bits per heavy atom. The maximum absolute atomic E-state index is 13.6. The number of hydrogen-bond donors (Lipinski definition) is 2. The van der Waals surface area contributed by atoms with Crippen molar-refractivity contribution in [1.29, 1.82) is 0 Å². The summed E-state index contributed by atoms with van der Waals surface area (Å²) < 4.78 is 74.9. The van der Waals surface area contributed by atoms with Gasteiger partial charge in [0.15, 0.2) is 0 Å². The molecular weight excluding hydrogens is 521 g/mol. The average Bonchev–Trinajstić information content (AvgIpc) is 3.29. The number of benzene rings is 2. The van der Waals surface area contributed by atoms with Crippen LogP contribution in [-0.4, -0.2) is 28.9 Å². The third kappa shape index (κ3) is 5.67. The van der Waals surface area contributed by atoms with Crippen molar-refractivity contribution in [3.05, 3.63) is 63.9 Å². The van der Waals surface area contributed by atoms with Crippen molar-refractivity contribution in [2.45, 2.75) is 22.9 Å². The van der Waals surface area contributed by atoms with Gasteiger partial charge in [-0.3, -0.25) is 9.59 Å². The maximum atomic E-state index is 13.6. The van der Waals surface area contributed by atoms with Gasteiger partial charge in [-0.15, -0.1) is 23.2 Å². The van der Waals surface area contributed by atoms with Crippen LogP contribution in [0.5, 0.6) is 0 Å². The van der Waals surface area contributed by atoms with Crippen LogP contribution in [0.2, 0.25) is 5.02 Å². The quantitative estimate of drug-likeness (QED) is 0.341. The predicted molar refractivity (Wildman–Crippen MR) is 110 cm³/mol. The fraction of sp³-hybridized carbons (Fsp3) is 0.300. The number of nitrogens with one attached hydrogen (secondary N) is 2. The predicted octanol–water partition coefficient (Wildman–Crippen LogP) is 6.23. The van der Waals surface area contributed by atoms with Crippen LogP contribution in [0, 0.1) is 11.7 Å². The summed E-state index contributed by atoms with van der Waals surface area (Å²) in [4.78, 5) is 24.7. The first-order valence-electron chi connectivity index (χ1n) is 9.13. The Morgan fingerprint density at radius 1 is 1.09 bits per heavy atom. The number of carbonyl (C=O) groups excluding carboxylic acids is 2. The van der Waals surface area contributed by atoms with E-state index in [0.29, 0.717) is 0 Å². The van der Waals surface area contributed by atoms with E-state index in [9.17, 15) is 35.9 Å². The molecular formula is C20H13Cl3F6N2O2. The number of alkyl halides is 7. The van der Waals surface area contributed by atoms with Gasteiger partial charge in [0.1, 0.15) is 16.7 Å². The molecule has 2 amide bonds. The number of hydrogen-bond acceptors (Lipinski definition) is 2. The highest BCUT2D eigenvalue weighted by molar-refractivity contribution is 6.53. The van der Waals surface area contributed by atoms with E-state index in [0.717, 1.165) is 18.2 Å². The molecule has 0 unspecified atom stereocenters. The van der Waals surface area contributed by atoms with Crippen LogP contribution in [0.4, 0.5) is 32.0 Å². The summed E-state index contributed by atoms with van der Waals surface area (Å²) in [7, 11) is 0. The van der Waals surface area contributed by atoms with Crippen molar-refractivity contribution in [3.8, 4) is 0 Å². The van der Waals surface area contributed by atoms with Crippen LogP contribution >= 0.6 is 34.8 Å². The van der Waals surface area contributed by atoms with E-state index in [2.05, 4.69) is 5.32 Å². The normalized spacial score (nSPS) is 19.3. The Kier molecular flexibility index (Phi) is 7.12. The Labute approximate surface area is 198 Å². The van der Waals surface area contributed by atoms with E-state index < -0.39 is 58.5 Å². The van der Waals surface area contributed by atoms with Crippen molar-refractivity contribution in [1.82, 2.24) is 5.32 Å². The highest BCUT2D eigenvalue weighted by Gasteiger charge is 2.67. The molecule has 0 aromatic heterocycles. The summed E-state index contributed by atoms with van der Waals surface area (Å²) >= 11 is 18.2. The smallest absolute Gasteiger partial charge is 0.343 e. The third-order valence-electron chi connectivity index (χ3n) is 4.88. The topological polar surface area (TPSA) is 58.2 Å². The molecule has 0 saturated heterocycles. The minimum absolute atomic E-state index is 0.00344. The highest BCUT2D eigenvalue weighted by Crippen LogP contribution is 2.65. The Morgan fingerprint density at radius 3 is 2.36 bits per heavy atom. The van der Waals surface area contributed by atoms with Gasteiger partial charge in [0.2, 0.25) is 5.91 Å². The zero-order valence-electron chi connectivity index (χ0n) is 16.1. The molecule has 3 rings (SSSR count). The van der Waals surface area contributed by atoms with Crippen LogP contribution in [0.3, 0.4) is 0 Å². The summed E-state index contributed by atoms with van der Waals surface area (Å²) in [6.07, 6.45) is -7.73. The maximum Gasteiger partial charge on any atom is 0.405 e. The van der Waals surface area contributed by atoms with Gasteiger partial charge in [-0.25, -0.2) is 13.2 Å². The monoisotopic (exact) mass is 532 g/mol. The summed E-state index contributed by atoms with van der Waals surface area (Å²) in [6, 6.07) is 6.41. The van der Waals surface area contributed by atoms with E-state index in [1.54, 1.807) is 5.32 Å². The lowest BCUT2D eigenvalue weighted by molar-refractivity contribution is -0.123. The second kappa shape index (κ2) is 9.23. The van der Waals surface area contributed by atoms with Gasteiger partial charge < -0.3 is 10.6 Å². The number of anilines is 1. The van der Waals surface area contributed by atoms with Gasteiger partial charge >= 0.3 is 6.18 Å². The SMILES string of the molecule is O=C(NCC(F)(F)F)c1cc(NC(=O)[C@H]2[C@H](c3ccc(F)c(C(F)F)c3)C2(Cl)Cl)ccc1Cl. The van der Waals surface area contributed by atoms with Crippen LogP contribution in [0.1, 0.15) is 33.8 Å². The van der Waals surface area contributed by atoms with E-state index in [4.69, 9.17) is 34.8 Å². The molecule has 0 bridgehead atoms. The first kappa shape index (κ1) is 25.5. The summed E-state index contributed by atoms with van der Waals surface area (Å²) in [5.74, 6) is -5.04. The summed E-state index contributed by atoms with van der Waals surface area (Å²) in [6.45, 7) is -1.58. The standard InChI is InChI=1S/C20H13Cl3F6N2O2/c21-12-3-2-9(6-10(12)17(32)30-7-19(27,28)29)31-18(33)15-14(20(15,22)23)8-1-4-13(24)11(5-8)16(25)26/h1-6,14-16H,7H2,(H,30,32)(H,31,33)/t14-,15+/m0/s1. The third-order valence-corrected chi connectivity index (χ3v) is 6.15. The van der Waals surface area contributed by atoms with Crippen molar-refractivity contribution in [2.75, 3.05) is 11.9 Å². The molecule has 2 aromatic carbocycles. The van der Waals surface area contributed by atoms with Crippen molar-refractivity contribution in [2.24, 2.45) is 5.92 Å². The van der Waals surface area contributed by atoms with Gasteiger partial charge in [-0.2, -0.15) is 13.2 Å². The van der Waals surface area contributed by atoms with Gasteiger partial charge in [-0.1, -0.05) is 17.7 Å². The first-order chi connectivity index (χ1) is 15.2. The molecule has 1 saturated carbocycles. The van der Waals surface area contributed by atoms with Crippen LogP contribution in [0.25, 0.3) is 0 Å². The molecule has 178 valence electrons. The second-order valence-electron chi connectivity index (χ2n) is 7.19. The van der Waals surface area contributed by atoms with E-state index in [1.165, 1.54) is 18.2 Å². The van der Waals surface area contributed by atoms with Crippen molar-refractivity contribution in [3.63, 3.8) is 0 Å². The molecule has 0 heterocycles. The Hall–Kier alpha value is -2.17. The minimum atomic E-state index is -4.64. The molecule has 0 radical (unpaired) electrons. The number of rotatable bonds is 6. The Balaban J connectivity index is 1.76. The first-order valence-corrected chi connectivity index (χ1v) is 10.3. The van der Waals surface area contributed by atoms with Crippen molar-refractivity contribution >= 4 is 52.3 Å². The van der Waals surface area contributed by atoms with Gasteiger partial charge in [0.25, 0.3) is 12.3 Å². The van der Waals surface area contributed by atoms with Gasteiger partial charge in [-0.05, 0) is 35.9 Å². The summed E-state index contributed by atoms with van der Waals surface area (Å²) in [5.41, 5.74) is -1.06. The van der Waals surface area contributed by atoms with Crippen LogP contribution < -0.4 is 10.6 Å². The van der Waals surface area contributed by atoms with Crippen LogP contribution in [-0.2, 0) is 4.79 Å². The van der Waals surface area contributed by atoms with Gasteiger partial charge in [0, 0.05) is 11.6 Å². The molecule has 13 heteroatoms.